The Kier molecular flexibility index (Phi) is 4.83. The second-order valence-electron chi connectivity index (χ2n) is 1.98. The third kappa shape index (κ3) is 6.59. The maximum atomic E-state index is 10.2. The second-order valence-corrected chi connectivity index (χ2v) is 1.98. The molecule has 0 aliphatic rings. The van der Waals surface area contributed by atoms with E-state index in [-0.39, 0.29) is 24.7 Å². The fraction of sp³-hybridized carbons (Fsp3) is 0.600. The van der Waals surface area contributed by atoms with Crippen LogP contribution in [-0.4, -0.2) is 30.0 Å². The Balaban J connectivity index is 3.21. The quantitative estimate of drug-likeness (QED) is 0.125. The number of hydrogen-bond donors (Lipinski definition) is 4. The largest absolute Gasteiger partial charge is 0.409 e. The number of rotatable bonds is 5. The maximum Gasteiger partial charge on any atom is 0.218 e. The molecule has 0 aliphatic carbocycles. The van der Waals surface area contributed by atoms with Gasteiger partial charge in [-0.3, -0.25) is 4.79 Å². The molecule has 0 saturated carbocycles. The van der Waals surface area contributed by atoms with E-state index in [0.717, 1.165) is 0 Å². The van der Waals surface area contributed by atoms with E-state index in [4.69, 9.17) is 16.7 Å². The molecule has 0 radical (unpaired) electrons. The van der Waals surface area contributed by atoms with Crippen molar-refractivity contribution in [3.63, 3.8) is 0 Å². The van der Waals surface area contributed by atoms with Gasteiger partial charge in [-0.1, -0.05) is 5.16 Å². The number of hydrogen-bond acceptors (Lipinski definition) is 4. The van der Waals surface area contributed by atoms with Gasteiger partial charge in [0.2, 0.25) is 5.91 Å². The number of amidine groups is 1. The predicted molar refractivity (Wildman–Crippen MR) is 40.1 cm³/mol. The van der Waals surface area contributed by atoms with Gasteiger partial charge in [-0.15, -0.1) is 0 Å². The highest BCUT2D eigenvalue weighted by atomic mass is 16.4. The summed E-state index contributed by atoms with van der Waals surface area (Å²) in [7, 11) is 0. The Labute approximate surface area is 64.2 Å². The van der Waals surface area contributed by atoms with Crippen LogP contribution in [0.1, 0.15) is 6.42 Å². The molecule has 0 fully saturated rings. The highest BCUT2D eigenvalue weighted by molar-refractivity contribution is 5.81. The van der Waals surface area contributed by atoms with E-state index in [9.17, 15) is 4.79 Å². The van der Waals surface area contributed by atoms with Gasteiger partial charge in [0.25, 0.3) is 0 Å². The highest BCUT2D eigenvalue weighted by Gasteiger charge is 1.94. The molecule has 64 valence electrons. The summed E-state index contributed by atoms with van der Waals surface area (Å²) in [5, 5.41) is 13.5. The number of carbonyl (C=O) groups is 1. The van der Waals surface area contributed by atoms with Crippen LogP contribution in [0.2, 0.25) is 0 Å². The lowest BCUT2D eigenvalue weighted by molar-refractivity contribution is -0.117. The van der Waals surface area contributed by atoms with E-state index in [1.807, 2.05) is 0 Å². The molecular weight excluding hydrogens is 148 g/mol. The van der Waals surface area contributed by atoms with Crippen LogP contribution in [0.15, 0.2) is 5.16 Å². The fourth-order valence-corrected chi connectivity index (χ4v) is 0.463. The van der Waals surface area contributed by atoms with Crippen LogP contribution in [0, 0.1) is 0 Å². The molecule has 0 aromatic heterocycles. The van der Waals surface area contributed by atoms with Crippen molar-refractivity contribution in [1.82, 2.24) is 5.32 Å². The van der Waals surface area contributed by atoms with Crippen LogP contribution in [0.5, 0.6) is 0 Å². The van der Waals surface area contributed by atoms with E-state index in [1.54, 1.807) is 0 Å². The van der Waals surface area contributed by atoms with Gasteiger partial charge >= 0.3 is 0 Å². The minimum atomic E-state index is -0.378. The van der Waals surface area contributed by atoms with Crippen molar-refractivity contribution >= 4 is 11.7 Å². The Morgan fingerprint density at radius 1 is 1.55 bits per heavy atom. The van der Waals surface area contributed by atoms with E-state index >= 15 is 0 Å². The number of oxime groups is 1. The number of nitrogens with zero attached hydrogens (tertiary/aromatic N) is 1. The topological polar surface area (TPSA) is 114 Å². The molecule has 0 bridgehead atoms. The molecule has 6 nitrogen and oxygen atoms in total. The van der Waals surface area contributed by atoms with Gasteiger partial charge in [-0.05, 0) is 0 Å². The SMILES string of the molecule is NC(=O)CCNCC(N)=NO. The van der Waals surface area contributed by atoms with Crippen LogP contribution >= 0.6 is 0 Å². The van der Waals surface area contributed by atoms with E-state index in [2.05, 4.69) is 10.5 Å². The first-order valence-electron chi connectivity index (χ1n) is 3.12. The zero-order valence-corrected chi connectivity index (χ0v) is 6.08. The van der Waals surface area contributed by atoms with Crippen molar-refractivity contribution in [1.29, 1.82) is 0 Å². The summed E-state index contributed by atoms with van der Waals surface area (Å²) in [6.45, 7) is 0.690. The summed E-state index contributed by atoms with van der Waals surface area (Å²) in [6.07, 6.45) is 0.249. The van der Waals surface area contributed by atoms with E-state index in [0.29, 0.717) is 6.54 Å². The van der Waals surface area contributed by atoms with Crippen LogP contribution in [0.25, 0.3) is 0 Å². The molecule has 6 N–H and O–H groups in total. The van der Waals surface area contributed by atoms with Crippen LogP contribution < -0.4 is 16.8 Å². The van der Waals surface area contributed by atoms with Crippen molar-refractivity contribution in [2.45, 2.75) is 6.42 Å². The third-order valence-corrected chi connectivity index (χ3v) is 0.983. The zero-order chi connectivity index (χ0) is 8.69. The zero-order valence-electron chi connectivity index (χ0n) is 6.08. The maximum absolute atomic E-state index is 10.2. The minimum Gasteiger partial charge on any atom is -0.409 e. The molecule has 1 amide bonds. The molecule has 6 heteroatoms. The molecule has 0 saturated heterocycles. The summed E-state index contributed by atoms with van der Waals surface area (Å²) >= 11 is 0. The first-order chi connectivity index (χ1) is 5.16. The average molecular weight is 160 g/mol. The lowest BCUT2D eigenvalue weighted by Crippen LogP contribution is -2.31. The van der Waals surface area contributed by atoms with Gasteiger partial charge in [0, 0.05) is 13.0 Å². The number of amides is 1. The van der Waals surface area contributed by atoms with Crippen molar-refractivity contribution < 1.29 is 10.0 Å². The molecule has 0 rings (SSSR count). The summed E-state index contributed by atoms with van der Waals surface area (Å²) in [6, 6.07) is 0. The fourth-order valence-electron chi connectivity index (χ4n) is 0.463. The van der Waals surface area contributed by atoms with E-state index < -0.39 is 0 Å². The third-order valence-electron chi connectivity index (χ3n) is 0.983. The first kappa shape index (κ1) is 9.70. The number of carbonyl (C=O) groups excluding carboxylic acids is 1. The van der Waals surface area contributed by atoms with Crippen LogP contribution in [-0.2, 0) is 4.79 Å². The molecule has 0 aliphatic heterocycles. The monoisotopic (exact) mass is 160 g/mol. The second kappa shape index (κ2) is 5.48. The predicted octanol–water partition coefficient (Wildman–Crippen LogP) is -1.80. The standard InChI is InChI=1S/C5H12N4O2/c6-4(9-11)3-8-2-1-5(7)10/h8,11H,1-3H2,(H2,6,9)(H2,7,10). The molecular formula is C5H12N4O2. The highest BCUT2D eigenvalue weighted by Crippen LogP contribution is 1.71. The Morgan fingerprint density at radius 2 is 2.18 bits per heavy atom. The molecule has 0 aromatic carbocycles. The summed E-state index contributed by atoms with van der Waals surface area (Å²) in [5.74, 6) is -0.300. The van der Waals surface area contributed by atoms with Gasteiger partial charge in [-0.25, -0.2) is 0 Å². The molecule has 11 heavy (non-hydrogen) atoms. The number of primary amides is 1. The number of nitrogens with one attached hydrogen (secondary N) is 1. The summed E-state index contributed by atoms with van der Waals surface area (Å²) in [4.78, 5) is 10.2. The normalized spacial score (nSPS) is 11.5. The average Bonchev–Trinajstić information content (AvgIpc) is 1.97. The van der Waals surface area contributed by atoms with Crippen molar-refractivity contribution in [3.8, 4) is 0 Å². The smallest absolute Gasteiger partial charge is 0.218 e. The number of nitrogens with two attached hydrogens (primary N) is 2. The Hall–Kier alpha value is -1.30. The van der Waals surface area contributed by atoms with Gasteiger partial charge < -0.3 is 22.0 Å². The lowest BCUT2D eigenvalue weighted by atomic mass is 10.4. The Morgan fingerprint density at radius 3 is 2.64 bits per heavy atom. The molecule has 0 heterocycles. The van der Waals surface area contributed by atoms with Gasteiger partial charge in [-0.2, -0.15) is 0 Å². The van der Waals surface area contributed by atoms with Gasteiger partial charge in [0.05, 0.1) is 6.54 Å². The molecule has 0 unspecified atom stereocenters. The van der Waals surface area contributed by atoms with Gasteiger partial charge in [0.15, 0.2) is 5.84 Å². The van der Waals surface area contributed by atoms with Crippen molar-refractivity contribution in [2.75, 3.05) is 13.1 Å². The molecule has 0 spiro atoms. The van der Waals surface area contributed by atoms with Crippen LogP contribution in [0.3, 0.4) is 0 Å². The summed E-state index contributed by atoms with van der Waals surface area (Å²) in [5.41, 5.74) is 9.96. The van der Waals surface area contributed by atoms with Crippen molar-refractivity contribution in [3.05, 3.63) is 0 Å². The van der Waals surface area contributed by atoms with Crippen molar-refractivity contribution in [2.24, 2.45) is 16.6 Å². The molecule has 0 atom stereocenters. The summed E-state index contributed by atoms with van der Waals surface area (Å²) < 4.78 is 0. The first-order valence-corrected chi connectivity index (χ1v) is 3.12. The minimum absolute atomic E-state index is 0.0782. The van der Waals surface area contributed by atoms with E-state index in [1.165, 1.54) is 0 Å². The lowest BCUT2D eigenvalue weighted by Gasteiger charge is -1.99. The van der Waals surface area contributed by atoms with Gasteiger partial charge in [0.1, 0.15) is 0 Å². The Bertz CT molecular complexity index is 157. The molecule has 0 aromatic rings. The van der Waals surface area contributed by atoms with Crippen LogP contribution in [0.4, 0.5) is 0 Å².